The zero-order valence-electron chi connectivity index (χ0n) is 10.7. The maximum atomic E-state index is 13.0. The van der Waals surface area contributed by atoms with Crippen LogP contribution >= 0.6 is 22.6 Å². The van der Waals surface area contributed by atoms with Crippen molar-refractivity contribution in [1.29, 1.82) is 0 Å². The smallest absolute Gasteiger partial charge is 0.388 e. The van der Waals surface area contributed by atoms with Gasteiger partial charge in [0.25, 0.3) is 0 Å². The first-order chi connectivity index (χ1) is 9.77. The van der Waals surface area contributed by atoms with Crippen molar-refractivity contribution >= 4 is 22.6 Å². The van der Waals surface area contributed by atoms with Crippen molar-refractivity contribution in [3.05, 3.63) is 68.5 Å². The van der Waals surface area contributed by atoms with Crippen LogP contribution in [0.4, 0.5) is 17.6 Å². The summed E-state index contributed by atoms with van der Waals surface area (Å²) in [5, 5.41) is 10.1. The standard InChI is InChI=1S/C15H11F4IO/c16-10-3-6-12(13(8-10)15(17,18)19)14(21)7-9-1-4-11(20)5-2-9/h1-6,8,14,21H,7H2. The Morgan fingerprint density at radius 1 is 1.05 bits per heavy atom. The van der Waals surface area contributed by atoms with Crippen LogP contribution in [0.2, 0.25) is 0 Å². The molecule has 0 saturated carbocycles. The summed E-state index contributed by atoms with van der Waals surface area (Å²) in [4.78, 5) is 0. The summed E-state index contributed by atoms with van der Waals surface area (Å²) in [5.74, 6) is -0.979. The Bertz CT molecular complexity index is 623. The van der Waals surface area contributed by atoms with Crippen LogP contribution in [-0.4, -0.2) is 5.11 Å². The molecule has 1 N–H and O–H groups in total. The largest absolute Gasteiger partial charge is 0.416 e. The van der Waals surface area contributed by atoms with E-state index in [1.165, 1.54) is 0 Å². The predicted molar refractivity (Wildman–Crippen MR) is 79.2 cm³/mol. The summed E-state index contributed by atoms with van der Waals surface area (Å²) in [6.07, 6.45) is -6.02. The molecule has 6 heteroatoms. The minimum absolute atomic E-state index is 0.0334. The number of alkyl halides is 3. The third-order valence-corrected chi connectivity index (χ3v) is 3.74. The van der Waals surface area contributed by atoms with Crippen LogP contribution in [-0.2, 0) is 12.6 Å². The molecule has 21 heavy (non-hydrogen) atoms. The van der Waals surface area contributed by atoms with Gasteiger partial charge < -0.3 is 5.11 Å². The highest BCUT2D eigenvalue weighted by atomic mass is 127. The molecule has 1 atom stereocenters. The third-order valence-electron chi connectivity index (χ3n) is 3.02. The molecule has 0 heterocycles. The van der Waals surface area contributed by atoms with Crippen molar-refractivity contribution in [2.45, 2.75) is 18.7 Å². The fourth-order valence-corrected chi connectivity index (χ4v) is 2.38. The molecule has 0 bridgehead atoms. The monoisotopic (exact) mass is 410 g/mol. The van der Waals surface area contributed by atoms with Crippen LogP contribution in [0.5, 0.6) is 0 Å². The topological polar surface area (TPSA) is 20.2 Å². The lowest BCUT2D eigenvalue weighted by Gasteiger charge is -2.17. The van der Waals surface area contributed by atoms with E-state index in [4.69, 9.17) is 0 Å². The molecule has 0 spiro atoms. The molecule has 1 nitrogen and oxygen atoms in total. The van der Waals surface area contributed by atoms with Gasteiger partial charge in [0.05, 0.1) is 11.7 Å². The minimum atomic E-state index is -4.70. The van der Waals surface area contributed by atoms with E-state index in [9.17, 15) is 22.7 Å². The number of hydrogen-bond donors (Lipinski definition) is 1. The average molecular weight is 410 g/mol. The lowest BCUT2D eigenvalue weighted by molar-refractivity contribution is -0.139. The van der Waals surface area contributed by atoms with Gasteiger partial charge in [-0.3, -0.25) is 0 Å². The number of halogens is 5. The third kappa shape index (κ3) is 4.16. The molecule has 0 fully saturated rings. The van der Waals surface area contributed by atoms with E-state index in [0.29, 0.717) is 11.6 Å². The molecule has 2 rings (SSSR count). The van der Waals surface area contributed by atoms with Gasteiger partial charge in [0, 0.05) is 9.99 Å². The van der Waals surface area contributed by atoms with Gasteiger partial charge in [0.2, 0.25) is 0 Å². The molecule has 0 aliphatic heterocycles. The number of benzene rings is 2. The van der Waals surface area contributed by atoms with E-state index in [0.717, 1.165) is 15.7 Å². The highest BCUT2D eigenvalue weighted by Crippen LogP contribution is 2.36. The Balaban J connectivity index is 2.30. The van der Waals surface area contributed by atoms with Crippen LogP contribution in [0.25, 0.3) is 0 Å². The van der Waals surface area contributed by atoms with Crippen molar-refractivity contribution in [1.82, 2.24) is 0 Å². The second-order valence-electron chi connectivity index (χ2n) is 4.58. The molecular formula is C15H11F4IO. The van der Waals surface area contributed by atoms with Crippen molar-refractivity contribution < 1.29 is 22.7 Å². The maximum Gasteiger partial charge on any atom is 0.416 e. The van der Waals surface area contributed by atoms with E-state index < -0.39 is 23.7 Å². The van der Waals surface area contributed by atoms with E-state index in [1.807, 2.05) is 0 Å². The van der Waals surface area contributed by atoms with Gasteiger partial charge in [-0.2, -0.15) is 13.2 Å². The predicted octanol–water partition coefficient (Wildman–Crippen LogP) is 4.73. The Morgan fingerprint density at radius 3 is 2.24 bits per heavy atom. The Morgan fingerprint density at radius 2 is 1.67 bits per heavy atom. The van der Waals surface area contributed by atoms with E-state index in [1.54, 1.807) is 24.3 Å². The van der Waals surface area contributed by atoms with Gasteiger partial charge in [0.1, 0.15) is 5.82 Å². The fraction of sp³-hybridized carbons (Fsp3) is 0.200. The lowest BCUT2D eigenvalue weighted by atomic mass is 9.96. The van der Waals surface area contributed by atoms with E-state index in [-0.39, 0.29) is 12.0 Å². The van der Waals surface area contributed by atoms with Gasteiger partial charge in [-0.05, 0) is 58.0 Å². The SMILES string of the molecule is OC(Cc1ccc(I)cc1)c1ccc(F)cc1C(F)(F)F. The molecule has 0 radical (unpaired) electrons. The average Bonchev–Trinajstić information content (AvgIpc) is 2.40. The zero-order chi connectivity index (χ0) is 15.6. The molecule has 2 aromatic carbocycles. The van der Waals surface area contributed by atoms with E-state index in [2.05, 4.69) is 22.6 Å². The number of aliphatic hydroxyl groups excluding tert-OH is 1. The van der Waals surface area contributed by atoms with Crippen LogP contribution in [0, 0.1) is 9.39 Å². The highest BCUT2D eigenvalue weighted by Gasteiger charge is 2.35. The molecule has 1 unspecified atom stereocenters. The first-order valence-corrected chi connectivity index (χ1v) is 7.14. The summed E-state index contributed by atoms with van der Waals surface area (Å²) in [6, 6.07) is 9.39. The van der Waals surface area contributed by atoms with Crippen molar-refractivity contribution in [2.24, 2.45) is 0 Å². The zero-order valence-corrected chi connectivity index (χ0v) is 12.8. The summed E-state index contributed by atoms with van der Waals surface area (Å²) in [5.41, 5.74) is -0.747. The van der Waals surface area contributed by atoms with Gasteiger partial charge in [-0.25, -0.2) is 4.39 Å². The number of aliphatic hydroxyl groups is 1. The molecule has 0 aliphatic carbocycles. The maximum absolute atomic E-state index is 13.0. The van der Waals surface area contributed by atoms with Crippen LogP contribution in [0.15, 0.2) is 42.5 Å². The molecule has 2 aromatic rings. The summed E-state index contributed by atoms with van der Waals surface area (Å²) < 4.78 is 52.7. The van der Waals surface area contributed by atoms with Crippen molar-refractivity contribution in [3.63, 3.8) is 0 Å². The summed E-state index contributed by atoms with van der Waals surface area (Å²) >= 11 is 2.11. The minimum Gasteiger partial charge on any atom is -0.388 e. The first kappa shape index (κ1) is 16.2. The van der Waals surface area contributed by atoms with Crippen LogP contribution in [0.3, 0.4) is 0 Å². The Hall–Kier alpha value is -1.15. The molecule has 0 aliphatic rings. The quantitative estimate of drug-likeness (QED) is 0.574. The number of rotatable bonds is 3. The highest BCUT2D eigenvalue weighted by molar-refractivity contribution is 14.1. The summed E-state index contributed by atoms with van der Waals surface area (Å²) in [6.45, 7) is 0. The van der Waals surface area contributed by atoms with Gasteiger partial charge in [-0.1, -0.05) is 18.2 Å². The summed E-state index contributed by atoms with van der Waals surface area (Å²) in [7, 11) is 0. The lowest BCUT2D eigenvalue weighted by Crippen LogP contribution is -2.14. The van der Waals surface area contributed by atoms with Crippen LogP contribution < -0.4 is 0 Å². The van der Waals surface area contributed by atoms with Crippen molar-refractivity contribution in [3.8, 4) is 0 Å². The van der Waals surface area contributed by atoms with Gasteiger partial charge >= 0.3 is 6.18 Å². The Kier molecular flexibility index (Phi) is 4.88. The molecule has 112 valence electrons. The number of hydrogen-bond acceptors (Lipinski definition) is 1. The van der Waals surface area contributed by atoms with Gasteiger partial charge in [-0.15, -0.1) is 0 Å². The molecule has 0 aromatic heterocycles. The molecular weight excluding hydrogens is 399 g/mol. The van der Waals surface area contributed by atoms with Gasteiger partial charge in [0.15, 0.2) is 0 Å². The second kappa shape index (κ2) is 6.31. The normalized spacial score (nSPS) is 13.2. The molecule has 0 amide bonds. The molecule has 0 saturated heterocycles. The van der Waals surface area contributed by atoms with E-state index >= 15 is 0 Å². The van der Waals surface area contributed by atoms with Crippen LogP contribution in [0.1, 0.15) is 22.8 Å². The Labute approximate surface area is 132 Å². The second-order valence-corrected chi connectivity index (χ2v) is 5.82. The fourth-order valence-electron chi connectivity index (χ4n) is 2.02. The van der Waals surface area contributed by atoms with Crippen molar-refractivity contribution in [2.75, 3.05) is 0 Å². The first-order valence-electron chi connectivity index (χ1n) is 6.06.